The van der Waals surface area contributed by atoms with Crippen LogP contribution >= 0.6 is 0 Å². The molecule has 0 heterocycles. The smallest absolute Gasteiger partial charge is 0.190 e. The zero-order valence-corrected chi connectivity index (χ0v) is 11.0. The van der Waals surface area contributed by atoms with E-state index in [1.807, 2.05) is 26.0 Å². The van der Waals surface area contributed by atoms with Crippen LogP contribution in [-0.4, -0.2) is 31.2 Å². The van der Waals surface area contributed by atoms with Gasteiger partial charge in [0.25, 0.3) is 0 Å². The van der Waals surface area contributed by atoms with Crippen LogP contribution in [0.4, 0.5) is 0 Å². The molecule has 98 valence electrons. The summed E-state index contributed by atoms with van der Waals surface area (Å²) in [4.78, 5) is 12.3. The molecule has 0 saturated carbocycles. The second kappa shape index (κ2) is 6.12. The van der Waals surface area contributed by atoms with Gasteiger partial charge in [0.15, 0.2) is 5.78 Å². The molecule has 0 aromatic heterocycles. The third-order valence-corrected chi connectivity index (χ3v) is 3.30. The highest BCUT2D eigenvalue weighted by Gasteiger charge is 2.32. The van der Waals surface area contributed by atoms with Gasteiger partial charge in [0.05, 0.1) is 0 Å². The molecule has 3 heteroatoms. The van der Waals surface area contributed by atoms with E-state index in [4.69, 9.17) is 9.47 Å². The quantitative estimate of drug-likeness (QED) is 0.766. The minimum Gasteiger partial charge on any atom is -0.370 e. The van der Waals surface area contributed by atoms with E-state index in [0.29, 0.717) is 26.1 Å². The van der Waals surface area contributed by atoms with Crippen molar-refractivity contribution in [3.05, 3.63) is 35.4 Å². The molecule has 1 aromatic rings. The van der Waals surface area contributed by atoms with Gasteiger partial charge in [0.1, 0.15) is 12.2 Å². The molecule has 0 radical (unpaired) electrons. The Hall–Kier alpha value is -1.19. The van der Waals surface area contributed by atoms with Crippen LogP contribution in [-0.2, 0) is 27.1 Å². The van der Waals surface area contributed by atoms with Gasteiger partial charge >= 0.3 is 0 Å². The number of rotatable bonds is 4. The lowest BCUT2D eigenvalue weighted by molar-refractivity contribution is -0.141. The zero-order valence-electron chi connectivity index (χ0n) is 11.0. The van der Waals surface area contributed by atoms with Gasteiger partial charge < -0.3 is 9.47 Å². The molecule has 1 aliphatic carbocycles. The highest BCUT2D eigenvalue weighted by molar-refractivity contribution is 5.88. The van der Waals surface area contributed by atoms with E-state index in [1.165, 1.54) is 11.1 Å². The molecule has 2 atom stereocenters. The molecule has 0 saturated heterocycles. The molecule has 0 bridgehead atoms. The van der Waals surface area contributed by atoms with E-state index >= 15 is 0 Å². The van der Waals surface area contributed by atoms with Crippen LogP contribution in [0.5, 0.6) is 0 Å². The lowest BCUT2D eigenvalue weighted by Crippen LogP contribution is -2.36. The third-order valence-electron chi connectivity index (χ3n) is 3.30. The van der Waals surface area contributed by atoms with E-state index in [1.54, 1.807) is 0 Å². The van der Waals surface area contributed by atoms with E-state index in [2.05, 4.69) is 12.1 Å². The molecule has 2 rings (SSSR count). The summed E-state index contributed by atoms with van der Waals surface area (Å²) in [6.45, 7) is 4.94. The molecule has 18 heavy (non-hydrogen) atoms. The van der Waals surface area contributed by atoms with Crippen molar-refractivity contribution >= 4 is 5.78 Å². The number of ketones is 1. The van der Waals surface area contributed by atoms with Gasteiger partial charge in [-0.1, -0.05) is 24.3 Å². The van der Waals surface area contributed by atoms with Crippen molar-refractivity contribution in [2.75, 3.05) is 13.2 Å². The van der Waals surface area contributed by atoms with Crippen molar-refractivity contribution in [3.63, 3.8) is 0 Å². The number of carbonyl (C=O) groups excluding carboxylic acids is 1. The van der Waals surface area contributed by atoms with Crippen LogP contribution in [0.25, 0.3) is 0 Å². The number of benzene rings is 1. The molecule has 1 aromatic carbocycles. The van der Waals surface area contributed by atoms with Gasteiger partial charge in [0.2, 0.25) is 0 Å². The van der Waals surface area contributed by atoms with Crippen LogP contribution in [0.15, 0.2) is 24.3 Å². The average molecular weight is 248 g/mol. The van der Waals surface area contributed by atoms with E-state index < -0.39 is 0 Å². The molecule has 1 aliphatic rings. The van der Waals surface area contributed by atoms with Crippen molar-refractivity contribution in [3.8, 4) is 0 Å². The molecule has 0 unspecified atom stereocenters. The van der Waals surface area contributed by atoms with Crippen molar-refractivity contribution in [1.82, 2.24) is 0 Å². The topological polar surface area (TPSA) is 35.5 Å². The first-order chi connectivity index (χ1) is 8.76. The normalized spacial score (nSPS) is 23.6. The number of Topliss-reactive ketones (excluding diaryl/α,β-unsaturated/α-hetero) is 1. The molecule has 0 N–H and O–H groups in total. The fraction of sp³-hybridized carbons (Fsp3) is 0.533. The third kappa shape index (κ3) is 2.79. The average Bonchev–Trinajstić information content (AvgIpc) is 2.50. The van der Waals surface area contributed by atoms with Crippen LogP contribution in [0.3, 0.4) is 0 Å². The maximum atomic E-state index is 12.3. The maximum Gasteiger partial charge on any atom is 0.190 e. The van der Waals surface area contributed by atoms with Crippen molar-refractivity contribution in [2.24, 2.45) is 0 Å². The summed E-state index contributed by atoms with van der Waals surface area (Å²) in [5.74, 6) is 0.0786. The summed E-state index contributed by atoms with van der Waals surface area (Å²) in [5.41, 5.74) is 2.40. The standard InChI is InChI=1S/C15H20O3/c1-3-17-13-9-11-7-5-6-8-12(11)10-14(15(13)16)18-4-2/h5-8,13-14H,3-4,9-10H2,1-2H3/t13-,14-/m1/s1. The number of hydrogen-bond donors (Lipinski definition) is 0. The monoisotopic (exact) mass is 248 g/mol. The van der Waals surface area contributed by atoms with Crippen LogP contribution < -0.4 is 0 Å². The fourth-order valence-electron chi connectivity index (χ4n) is 2.45. The van der Waals surface area contributed by atoms with E-state index in [0.717, 1.165) is 0 Å². The van der Waals surface area contributed by atoms with Gasteiger partial charge in [-0.2, -0.15) is 0 Å². The molecule has 0 fully saturated rings. The summed E-state index contributed by atoms with van der Waals surface area (Å²) in [5, 5.41) is 0. The highest BCUT2D eigenvalue weighted by Crippen LogP contribution is 2.22. The Kier molecular flexibility index (Phi) is 4.50. The first kappa shape index (κ1) is 13.2. The highest BCUT2D eigenvalue weighted by atomic mass is 16.5. The Labute approximate surface area is 108 Å². The number of hydrogen-bond acceptors (Lipinski definition) is 3. The summed E-state index contributed by atoms with van der Waals surface area (Å²) in [6.07, 6.45) is 0.587. The van der Waals surface area contributed by atoms with E-state index in [-0.39, 0.29) is 18.0 Å². The Morgan fingerprint density at radius 3 is 1.83 bits per heavy atom. The second-order valence-corrected chi connectivity index (χ2v) is 4.47. The van der Waals surface area contributed by atoms with Crippen molar-refractivity contribution < 1.29 is 14.3 Å². The van der Waals surface area contributed by atoms with Gasteiger partial charge in [-0.05, 0) is 25.0 Å². The minimum absolute atomic E-state index is 0.0786. The predicted octanol–water partition coefficient (Wildman–Crippen LogP) is 2.16. The Morgan fingerprint density at radius 2 is 1.44 bits per heavy atom. The maximum absolute atomic E-state index is 12.3. The SMILES string of the molecule is CCO[C@@H]1Cc2ccccc2C[C@@H](OCC)C1=O. The van der Waals surface area contributed by atoms with Gasteiger partial charge in [-0.15, -0.1) is 0 Å². The molecule has 3 nitrogen and oxygen atoms in total. The lowest BCUT2D eigenvalue weighted by atomic mass is 10.0. The van der Waals surface area contributed by atoms with Gasteiger partial charge in [-0.3, -0.25) is 4.79 Å². The molecule has 0 spiro atoms. The van der Waals surface area contributed by atoms with Crippen molar-refractivity contribution in [1.29, 1.82) is 0 Å². The first-order valence-corrected chi connectivity index (χ1v) is 6.60. The molecule has 0 aliphatic heterocycles. The van der Waals surface area contributed by atoms with Crippen LogP contribution in [0.1, 0.15) is 25.0 Å². The van der Waals surface area contributed by atoms with Crippen LogP contribution in [0, 0.1) is 0 Å². The number of carbonyl (C=O) groups is 1. The summed E-state index contributed by atoms with van der Waals surface area (Å²) in [6, 6.07) is 8.16. The first-order valence-electron chi connectivity index (χ1n) is 6.60. The fourth-order valence-corrected chi connectivity index (χ4v) is 2.45. The zero-order chi connectivity index (χ0) is 13.0. The van der Waals surface area contributed by atoms with Gasteiger partial charge in [0, 0.05) is 26.1 Å². The Bertz CT molecular complexity index is 377. The van der Waals surface area contributed by atoms with Crippen LogP contribution in [0.2, 0.25) is 0 Å². The second-order valence-electron chi connectivity index (χ2n) is 4.47. The molecular weight excluding hydrogens is 228 g/mol. The summed E-state index contributed by atoms with van der Waals surface area (Å²) < 4.78 is 11.2. The number of ether oxygens (including phenoxy) is 2. The van der Waals surface area contributed by atoms with Crippen molar-refractivity contribution in [2.45, 2.75) is 38.9 Å². The summed E-state index contributed by atoms with van der Waals surface area (Å²) >= 11 is 0. The number of fused-ring (bicyclic) bond motifs is 1. The lowest BCUT2D eigenvalue weighted by Gasteiger charge is -2.18. The Balaban J connectivity index is 2.28. The van der Waals surface area contributed by atoms with Gasteiger partial charge in [-0.25, -0.2) is 0 Å². The Morgan fingerprint density at radius 1 is 1.00 bits per heavy atom. The summed E-state index contributed by atoms with van der Waals surface area (Å²) in [7, 11) is 0. The van der Waals surface area contributed by atoms with E-state index in [9.17, 15) is 4.79 Å². The largest absolute Gasteiger partial charge is 0.370 e. The minimum atomic E-state index is -0.366. The predicted molar refractivity (Wildman–Crippen MR) is 69.7 cm³/mol. The molecular formula is C15H20O3. The molecule has 0 amide bonds.